The highest BCUT2D eigenvalue weighted by atomic mass is 16.2. The number of nitrogens with one attached hydrogen (secondary N) is 1. The van der Waals surface area contributed by atoms with Gasteiger partial charge in [0.25, 0.3) is 11.9 Å². The van der Waals surface area contributed by atoms with E-state index in [0.717, 1.165) is 4.90 Å². The quantitative estimate of drug-likeness (QED) is 0.661. The van der Waals surface area contributed by atoms with Gasteiger partial charge in [0.15, 0.2) is 0 Å². The van der Waals surface area contributed by atoms with Crippen LogP contribution < -0.4 is 5.32 Å². The van der Waals surface area contributed by atoms with E-state index in [1.807, 2.05) is 0 Å². The molecule has 1 aromatic rings. The maximum atomic E-state index is 12.3. The topological polar surface area (TPSA) is 142 Å². The van der Waals surface area contributed by atoms with Crippen molar-refractivity contribution >= 4 is 47.5 Å². The van der Waals surface area contributed by atoms with Crippen LogP contribution in [0, 0.1) is 12.8 Å². The SMILES string of the molecule is Cc1cc(NC(=O)CN2C(=O)CCC2=O)n(C2=NC(=O)C3C=NN(C)C3=N2)n1. The van der Waals surface area contributed by atoms with E-state index in [2.05, 4.69) is 25.5 Å². The number of aromatic nitrogens is 2. The molecule has 1 saturated heterocycles. The Morgan fingerprint density at radius 3 is 2.64 bits per heavy atom. The van der Waals surface area contributed by atoms with Gasteiger partial charge in [0.2, 0.25) is 17.7 Å². The highest BCUT2D eigenvalue weighted by Crippen LogP contribution is 2.19. The number of fused-ring (bicyclic) bond motifs is 1. The van der Waals surface area contributed by atoms with Crippen LogP contribution in [0.25, 0.3) is 0 Å². The van der Waals surface area contributed by atoms with E-state index in [1.165, 1.54) is 15.9 Å². The summed E-state index contributed by atoms with van der Waals surface area (Å²) in [5.41, 5.74) is 0.553. The van der Waals surface area contributed by atoms with Crippen molar-refractivity contribution in [1.29, 1.82) is 0 Å². The third kappa shape index (κ3) is 2.98. The first-order valence-corrected chi connectivity index (χ1v) is 8.52. The molecule has 12 heteroatoms. The van der Waals surface area contributed by atoms with Crippen LogP contribution in [0.2, 0.25) is 0 Å². The summed E-state index contributed by atoms with van der Waals surface area (Å²) in [7, 11) is 1.66. The van der Waals surface area contributed by atoms with Crippen molar-refractivity contribution in [2.75, 3.05) is 18.9 Å². The molecule has 0 spiro atoms. The molecule has 1 fully saturated rings. The number of rotatable bonds is 3. The van der Waals surface area contributed by atoms with Crippen molar-refractivity contribution in [2.45, 2.75) is 19.8 Å². The number of nitrogens with zero attached hydrogens (tertiary/aromatic N) is 7. The number of anilines is 1. The minimum absolute atomic E-state index is 0.00896. The molecule has 4 rings (SSSR count). The van der Waals surface area contributed by atoms with Gasteiger partial charge in [-0.1, -0.05) is 0 Å². The number of imide groups is 1. The number of hydrogen-bond acceptors (Lipinski definition) is 8. The number of aryl methyl sites for hydroxylation is 1. The summed E-state index contributed by atoms with van der Waals surface area (Å²) in [6.07, 6.45) is 1.68. The second-order valence-electron chi connectivity index (χ2n) is 6.49. The molecule has 3 aliphatic heterocycles. The van der Waals surface area contributed by atoms with E-state index in [4.69, 9.17) is 0 Å². The van der Waals surface area contributed by atoms with Gasteiger partial charge in [-0.2, -0.15) is 24.9 Å². The highest BCUT2D eigenvalue weighted by molar-refractivity contribution is 6.24. The Labute approximate surface area is 158 Å². The van der Waals surface area contributed by atoms with Crippen molar-refractivity contribution in [3.8, 4) is 0 Å². The third-order valence-corrected chi connectivity index (χ3v) is 4.43. The average molecular weight is 384 g/mol. The number of carbonyl (C=O) groups excluding carboxylic acids is 4. The lowest BCUT2D eigenvalue weighted by Crippen LogP contribution is -2.38. The first-order valence-electron chi connectivity index (χ1n) is 8.52. The molecule has 0 aromatic carbocycles. The van der Waals surface area contributed by atoms with Crippen LogP contribution >= 0.6 is 0 Å². The first kappa shape index (κ1) is 17.7. The van der Waals surface area contributed by atoms with Crippen LogP contribution in [0.4, 0.5) is 5.82 Å². The number of hydrazone groups is 1. The van der Waals surface area contributed by atoms with Crippen molar-refractivity contribution in [3.63, 3.8) is 0 Å². The van der Waals surface area contributed by atoms with Gasteiger partial charge in [0, 0.05) is 32.2 Å². The van der Waals surface area contributed by atoms with E-state index < -0.39 is 17.7 Å². The fourth-order valence-electron chi connectivity index (χ4n) is 3.07. The number of hydrogen-bond donors (Lipinski definition) is 1. The van der Waals surface area contributed by atoms with Crippen LogP contribution in [0.5, 0.6) is 0 Å². The summed E-state index contributed by atoms with van der Waals surface area (Å²) < 4.78 is 1.23. The number of carbonyl (C=O) groups is 4. The fourth-order valence-corrected chi connectivity index (χ4v) is 3.07. The zero-order chi connectivity index (χ0) is 20.0. The van der Waals surface area contributed by atoms with Crippen LogP contribution in [-0.2, 0) is 19.2 Å². The Hall–Kier alpha value is -3.70. The van der Waals surface area contributed by atoms with Crippen LogP contribution in [0.1, 0.15) is 18.5 Å². The zero-order valence-electron chi connectivity index (χ0n) is 15.1. The predicted octanol–water partition coefficient (Wildman–Crippen LogP) is -1.03. The Kier molecular flexibility index (Phi) is 4.09. The minimum atomic E-state index is -0.629. The van der Waals surface area contributed by atoms with Gasteiger partial charge >= 0.3 is 0 Å². The lowest BCUT2D eigenvalue weighted by molar-refractivity contribution is -0.141. The summed E-state index contributed by atoms with van der Waals surface area (Å²) in [6, 6.07) is 1.57. The number of amides is 4. The van der Waals surface area contributed by atoms with E-state index in [0.29, 0.717) is 11.5 Å². The molecular weight excluding hydrogens is 368 g/mol. The fraction of sp³-hybridized carbons (Fsp3) is 0.375. The molecule has 1 unspecified atom stereocenters. The maximum absolute atomic E-state index is 12.3. The summed E-state index contributed by atoms with van der Waals surface area (Å²) in [5, 5.41) is 12.3. The molecule has 4 heterocycles. The van der Waals surface area contributed by atoms with Crippen molar-refractivity contribution in [1.82, 2.24) is 19.7 Å². The molecule has 12 nitrogen and oxygen atoms in total. The lowest BCUT2D eigenvalue weighted by Gasteiger charge is -2.18. The smallest absolute Gasteiger partial charge is 0.265 e. The maximum Gasteiger partial charge on any atom is 0.265 e. The molecule has 0 saturated carbocycles. The minimum Gasteiger partial charge on any atom is -0.309 e. The second kappa shape index (κ2) is 6.48. The summed E-state index contributed by atoms with van der Waals surface area (Å²) in [6.45, 7) is 1.31. The number of amidine groups is 1. The van der Waals surface area contributed by atoms with Gasteiger partial charge in [-0.05, 0) is 6.92 Å². The van der Waals surface area contributed by atoms with Gasteiger partial charge < -0.3 is 5.32 Å². The van der Waals surface area contributed by atoms with E-state index in [9.17, 15) is 19.2 Å². The van der Waals surface area contributed by atoms with Crippen molar-refractivity contribution in [3.05, 3.63) is 11.8 Å². The third-order valence-electron chi connectivity index (χ3n) is 4.43. The summed E-state index contributed by atoms with van der Waals surface area (Å²) in [5.74, 6) is -1.78. The summed E-state index contributed by atoms with van der Waals surface area (Å²) in [4.78, 5) is 57.1. The Balaban J connectivity index is 1.57. The largest absolute Gasteiger partial charge is 0.309 e. The molecule has 0 radical (unpaired) electrons. The van der Waals surface area contributed by atoms with E-state index in [1.54, 1.807) is 20.0 Å². The Morgan fingerprint density at radius 1 is 1.21 bits per heavy atom. The van der Waals surface area contributed by atoms with Crippen LogP contribution in [0.3, 0.4) is 0 Å². The van der Waals surface area contributed by atoms with Gasteiger partial charge in [0.1, 0.15) is 24.1 Å². The molecule has 1 atom stereocenters. The molecule has 144 valence electrons. The molecule has 0 bridgehead atoms. The molecule has 0 aliphatic carbocycles. The van der Waals surface area contributed by atoms with Crippen LogP contribution in [0.15, 0.2) is 21.2 Å². The average Bonchev–Trinajstić information content (AvgIpc) is 3.29. The summed E-state index contributed by atoms with van der Waals surface area (Å²) >= 11 is 0. The van der Waals surface area contributed by atoms with Gasteiger partial charge in [-0.15, -0.1) is 0 Å². The number of likely N-dealkylation sites (tertiary alicyclic amines) is 1. The second-order valence-corrected chi connectivity index (χ2v) is 6.49. The number of aliphatic imine (C=N–C) groups is 2. The van der Waals surface area contributed by atoms with Gasteiger partial charge in [-0.25, -0.2) is 0 Å². The molecule has 28 heavy (non-hydrogen) atoms. The van der Waals surface area contributed by atoms with E-state index >= 15 is 0 Å². The monoisotopic (exact) mass is 384 g/mol. The molecular formula is C16H16N8O4. The standard InChI is InChI=1S/C16H16N8O4/c1-8-5-10(18-11(25)7-23-12(26)3-4-13(23)27)24(21-8)16-19-14-9(15(28)20-16)6-17-22(14)2/h5-6,9H,3-4,7H2,1-2H3,(H,18,25). The van der Waals surface area contributed by atoms with Gasteiger partial charge in [0.05, 0.1) is 5.69 Å². The zero-order valence-corrected chi connectivity index (χ0v) is 15.1. The molecule has 3 aliphatic rings. The lowest BCUT2D eigenvalue weighted by atomic mass is 10.1. The van der Waals surface area contributed by atoms with Crippen LogP contribution in [-0.4, -0.2) is 74.9 Å². The Morgan fingerprint density at radius 2 is 1.93 bits per heavy atom. The van der Waals surface area contributed by atoms with E-state index in [-0.39, 0.29) is 43.0 Å². The van der Waals surface area contributed by atoms with Gasteiger partial charge in [-0.3, -0.25) is 29.1 Å². The molecule has 1 N–H and O–H groups in total. The van der Waals surface area contributed by atoms with Crippen molar-refractivity contribution < 1.29 is 19.2 Å². The molecule has 1 aromatic heterocycles. The molecule has 4 amide bonds. The Bertz CT molecular complexity index is 988. The first-order chi connectivity index (χ1) is 13.3. The predicted molar refractivity (Wildman–Crippen MR) is 96.6 cm³/mol. The van der Waals surface area contributed by atoms with Crippen molar-refractivity contribution in [2.24, 2.45) is 21.0 Å². The normalized spacial score (nSPS) is 21.2. The highest BCUT2D eigenvalue weighted by Gasteiger charge is 2.35.